The lowest BCUT2D eigenvalue weighted by Gasteiger charge is -2.32. The molecule has 4 aromatic rings. The summed E-state index contributed by atoms with van der Waals surface area (Å²) in [6.07, 6.45) is 6.96. The van der Waals surface area contributed by atoms with E-state index >= 15 is 0 Å². The Morgan fingerprint density at radius 2 is 2.27 bits per heavy atom. The molecule has 1 aliphatic heterocycles. The van der Waals surface area contributed by atoms with Gasteiger partial charge in [-0.25, -0.2) is 9.97 Å². The van der Waals surface area contributed by atoms with E-state index < -0.39 is 0 Å². The molecule has 30 heavy (non-hydrogen) atoms. The monoisotopic (exact) mass is 403 g/mol. The zero-order valence-corrected chi connectivity index (χ0v) is 16.5. The quantitative estimate of drug-likeness (QED) is 0.553. The number of nitrogens with one attached hydrogen (secondary N) is 1. The second kappa shape index (κ2) is 7.55. The number of nitrogens with zero attached hydrogens (tertiary/aromatic N) is 4. The first-order chi connectivity index (χ1) is 14.7. The van der Waals surface area contributed by atoms with Crippen molar-refractivity contribution in [2.45, 2.75) is 19.0 Å². The molecule has 0 spiro atoms. The van der Waals surface area contributed by atoms with Gasteiger partial charge in [-0.05, 0) is 29.8 Å². The summed E-state index contributed by atoms with van der Waals surface area (Å²) in [6, 6.07) is 11.5. The van der Waals surface area contributed by atoms with Crippen LogP contribution in [0, 0.1) is 0 Å². The molecule has 0 bridgehead atoms. The Balaban J connectivity index is 1.40. The van der Waals surface area contributed by atoms with E-state index in [2.05, 4.69) is 15.0 Å². The van der Waals surface area contributed by atoms with Crippen molar-refractivity contribution < 1.29 is 13.9 Å². The van der Waals surface area contributed by atoms with Gasteiger partial charge in [0.1, 0.15) is 11.5 Å². The molecule has 0 fully saturated rings. The summed E-state index contributed by atoms with van der Waals surface area (Å²) in [5.41, 5.74) is 2.96. The molecule has 1 aromatic carbocycles. The van der Waals surface area contributed by atoms with Crippen LogP contribution in [0.2, 0.25) is 0 Å². The maximum atomic E-state index is 13.2. The Labute approximate surface area is 173 Å². The molecule has 5 rings (SSSR count). The van der Waals surface area contributed by atoms with E-state index in [0.29, 0.717) is 31.2 Å². The molecule has 1 atom stereocenters. The molecule has 0 saturated heterocycles. The van der Waals surface area contributed by atoms with Crippen molar-refractivity contribution >= 4 is 5.91 Å². The molecule has 0 aliphatic carbocycles. The maximum absolute atomic E-state index is 13.2. The van der Waals surface area contributed by atoms with E-state index in [1.54, 1.807) is 36.9 Å². The molecule has 0 saturated carbocycles. The zero-order valence-electron chi connectivity index (χ0n) is 16.5. The fraction of sp³-hybridized carbons (Fsp3) is 0.227. The van der Waals surface area contributed by atoms with E-state index in [1.807, 2.05) is 41.1 Å². The van der Waals surface area contributed by atoms with Crippen molar-refractivity contribution in [2.24, 2.45) is 0 Å². The first-order valence-electron chi connectivity index (χ1n) is 9.71. The maximum Gasteiger partial charge on any atom is 0.289 e. The summed E-state index contributed by atoms with van der Waals surface area (Å²) in [4.78, 5) is 26.7. The van der Waals surface area contributed by atoms with Gasteiger partial charge in [-0.3, -0.25) is 4.79 Å². The third-order valence-corrected chi connectivity index (χ3v) is 5.39. The first kappa shape index (κ1) is 18.2. The van der Waals surface area contributed by atoms with E-state index in [4.69, 9.17) is 9.15 Å². The van der Waals surface area contributed by atoms with Crippen molar-refractivity contribution in [1.29, 1.82) is 0 Å². The van der Waals surface area contributed by atoms with Crippen LogP contribution in [0.15, 0.2) is 65.9 Å². The smallest absolute Gasteiger partial charge is 0.289 e. The molecule has 8 nitrogen and oxygen atoms in total. The highest BCUT2D eigenvalue weighted by Crippen LogP contribution is 2.33. The fourth-order valence-electron chi connectivity index (χ4n) is 3.89. The van der Waals surface area contributed by atoms with Crippen LogP contribution in [-0.4, -0.2) is 44.0 Å². The number of hydrogen-bond acceptors (Lipinski definition) is 5. The van der Waals surface area contributed by atoms with Crippen LogP contribution in [0.4, 0.5) is 0 Å². The van der Waals surface area contributed by atoms with Gasteiger partial charge in [0.2, 0.25) is 0 Å². The van der Waals surface area contributed by atoms with Crippen molar-refractivity contribution in [2.75, 3.05) is 13.7 Å². The third-order valence-electron chi connectivity index (χ3n) is 5.39. The van der Waals surface area contributed by atoms with Gasteiger partial charge in [0.15, 0.2) is 5.76 Å². The van der Waals surface area contributed by atoms with Gasteiger partial charge in [-0.2, -0.15) is 0 Å². The van der Waals surface area contributed by atoms with Crippen LogP contribution in [-0.2, 0) is 13.1 Å². The minimum absolute atomic E-state index is 0.0422. The van der Waals surface area contributed by atoms with Gasteiger partial charge in [0.05, 0.1) is 44.2 Å². The van der Waals surface area contributed by atoms with Crippen LogP contribution in [0.25, 0.3) is 0 Å². The van der Waals surface area contributed by atoms with Gasteiger partial charge in [0, 0.05) is 24.9 Å². The van der Waals surface area contributed by atoms with E-state index in [0.717, 1.165) is 22.7 Å². The number of benzene rings is 1. The highest BCUT2D eigenvalue weighted by atomic mass is 16.5. The van der Waals surface area contributed by atoms with E-state index in [1.165, 1.54) is 0 Å². The average molecular weight is 403 g/mol. The average Bonchev–Trinajstić information content (AvgIpc) is 3.54. The molecule has 8 heteroatoms. The van der Waals surface area contributed by atoms with Crippen LogP contribution >= 0.6 is 0 Å². The summed E-state index contributed by atoms with van der Waals surface area (Å²) in [7, 11) is 1.65. The number of furan rings is 1. The van der Waals surface area contributed by atoms with Gasteiger partial charge < -0.3 is 23.6 Å². The van der Waals surface area contributed by atoms with Gasteiger partial charge >= 0.3 is 0 Å². The van der Waals surface area contributed by atoms with E-state index in [-0.39, 0.29) is 11.8 Å². The Morgan fingerprint density at radius 1 is 1.33 bits per heavy atom. The van der Waals surface area contributed by atoms with Crippen LogP contribution < -0.4 is 4.74 Å². The first-order valence-corrected chi connectivity index (χ1v) is 9.71. The highest BCUT2D eigenvalue weighted by Gasteiger charge is 2.33. The second-order valence-electron chi connectivity index (χ2n) is 7.28. The number of rotatable bonds is 5. The third kappa shape index (κ3) is 3.36. The number of carbonyl (C=O) groups excluding carboxylic acids is 1. The Kier molecular flexibility index (Phi) is 4.59. The van der Waals surface area contributed by atoms with Gasteiger partial charge in [-0.1, -0.05) is 12.1 Å². The van der Waals surface area contributed by atoms with Gasteiger partial charge in [0.25, 0.3) is 5.91 Å². The molecule has 0 radical (unpaired) electrons. The molecule has 1 amide bonds. The number of amides is 1. The lowest BCUT2D eigenvalue weighted by molar-refractivity contribution is 0.0687. The lowest BCUT2D eigenvalue weighted by Crippen LogP contribution is -2.38. The number of carbonyl (C=O) groups is 1. The number of fused-ring (bicyclic) bond motifs is 1. The molecular formula is C22H21N5O3. The fourth-order valence-corrected chi connectivity index (χ4v) is 3.89. The highest BCUT2D eigenvalue weighted by molar-refractivity contribution is 5.91. The van der Waals surface area contributed by atoms with Crippen LogP contribution in [0.3, 0.4) is 0 Å². The molecule has 1 unspecified atom stereocenters. The van der Waals surface area contributed by atoms with E-state index in [9.17, 15) is 4.79 Å². The predicted molar refractivity (Wildman–Crippen MR) is 108 cm³/mol. The summed E-state index contributed by atoms with van der Waals surface area (Å²) in [5, 5.41) is 0. The summed E-state index contributed by atoms with van der Waals surface area (Å²) in [5.74, 6) is 1.64. The molecule has 1 N–H and O–H groups in total. The second-order valence-corrected chi connectivity index (χ2v) is 7.28. The van der Waals surface area contributed by atoms with Crippen molar-refractivity contribution in [3.05, 3.63) is 89.9 Å². The predicted octanol–water partition coefficient (Wildman–Crippen LogP) is 3.04. The van der Waals surface area contributed by atoms with Crippen molar-refractivity contribution in [3.8, 4) is 5.75 Å². The summed E-state index contributed by atoms with van der Waals surface area (Å²) in [6.45, 7) is 1.51. The number of aromatic nitrogens is 4. The molecule has 3 aromatic heterocycles. The SMILES string of the molecule is COc1cccc(C2CN(C(=O)c3ccc(Cn4ccnc4)o3)Cc3[nH]cnc32)c1. The van der Waals surface area contributed by atoms with Crippen molar-refractivity contribution in [1.82, 2.24) is 24.4 Å². The Hall–Kier alpha value is -3.81. The number of H-pyrrole nitrogens is 1. The number of methoxy groups -OCH3 is 1. The number of ether oxygens (including phenoxy) is 1. The lowest BCUT2D eigenvalue weighted by atomic mass is 9.90. The molecular weight excluding hydrogens is 382 g/mol. The number of hydrogen-bond donors (Lipinski definition) is 1. The summed E-state index contributed by atoms with van der Waals surface area (Å²) < 4.78 is 13.1. The molecule has 1 aliphatic rings. The van der Waals surface area contributed by atoms with Crippen molar-refractivity contribution in [3.63, 3.8) is 0 Å². The minimum Gasteiger partial charge on any atom is -0.497 e. The topological polar surface area (TPSA) is 89.2 Å². The van der Waals surface area contributed by atoms with Crippen LogP contribution in [0.5, 0.6) is 5.75 Å². The Bertz CT molecular complexity index is 1160. The largest absolute Gasteiger partial charge is 0.497 e. The summed E-state index contributed by atoms with van der Waals surface area (Å²) >= 11 is 0. The molecule has 152 valence electrons. The Morgan fingerprint density at radius 3 is 3.10 bits per heavy atom. The van der Waals surface area contributed by atoms with Gasteiger partial charge in [-0.15, -0.1) is 0 Å². The standard InChI is InChI=1S/C22H21N5O3/c1-29-16-4-2-3-15(9-16)18-11-27(12-19-21(18)25-13-24-19)22(28)20-6-5-17(30-20)10-26-8-7-23-14-26/h2-9,13-14,18H,10-12H2,1H3,(H,24,25). The minimum atomic E-state index is -0.139. The number of imidazole rings is 2. The van der Waals surface area contributed by atoms with Crippen LogP contribution in [0.1, 0.15) is 39.2 Å². The number of aromatic amines is 1. The zero-order chi connectivity index (χ0) is 20.5. The normalized spacial score (nSPS) is 15.8. The molecule has 4 heterocycles.